The molecule has 2 N–H and O–H groups in total. The van der Waals surface area contributed by atoms with Gasteiger partial charge in [-0.25, -0.2) is 13.6 Å². The van der Waals surface area contributed by atoms with E-state index in [0.29, 0.717) is 0 Å². The molecule has 2 aromatic rings. The average molecular weight is 439 g/mol. The van der Waals surface area contributed by atoms with Gasteiger partial charge in [0.1, 0.15) is 17.4 Å². The number of nitrogens with zero attached hydrogens (tertiary/aromatic N) is 1. The van der Waals surface area contributed by atoms with Crippen LogP contribution in [0.3, 0.4) is 0 Å². The van der Waals surface area contributed by atoms with Crippen LogP contribution in [-0.4, -0.2) is 23.1 Å². The molecule has 0 radical (unpaired) electrons. The number of nitrogens with one attached hydrogen (secondary N) is 1. The van der Waals surface area contributed by atoms with E-state index in [4.69, 9.17) is 4.74 Å². The number of amides is 2. The maximum Gasteiger partial charge on any atom is 0.404 e. The molecule has 4 rings (SSSR count). The summed E-state index contributed by atoms with van der Waals surface area (Å²) in [6.45, 7) is 0. The third-order valence-corrected chi connectivity index (χ3v) is 5.30. The fourth-order valence-electron chi connectivity index (χ4n) is 3.62. The number of carbonyl (C=O) groups is 2. The lowest BCUT2D eigenvalue weighted by atomic mass is 9.88. The van der Waals surface area contributed by atoms with E-state index < -0.39 is 29.8 Å². The van der Waals surface area contributed by atoms with Gasteiger partial charge in [-0.05, 0) is 40.5 Å². The van der Waals surface area contributed by atoms with Gasteiger partial charge in [0.2, 0.25) is 5.91 Å². The number of ether oxygens (including phenoxy) is 1. The largest absolute Gasteiger partial charge is 0.465 e. The van der Waals surface area contributed by atoms with Crippen LogP contribution < -0.4 is 15.0 Å². The molecule has 6 nitrogen and oxygen atoms in total. The van der Waals surface area contributed by atoms with Crippen molar-refractivity contribution in [3.8, 4) is 11.5 Å². The number of hydrogen-bond donors (Lipinski definition) is 2. The summed E-state index contributed by atoms with van der Waals surface area (Å²) in [5.74, 6) is -1.41. The zero-order chi connectivity index (χ0) is 19.3. The molecule has 2 atom stereocenters. The van der Waals surface area contributed by atoms with E-state index in [-0.39, 0.29) is 46.0 Å². The molecule has 140 valence electrons. The van der Waals surface area contributed by atoms with Gasteiger partial charge in [-0.15, -0.1) is 0 Å². The highest BCUT2D eigenvalue weighted by atomic mass is 79.9. The van der Waals surface area contributed by atoms with Crippen LogP contribution in [0.5, 0.6) is 11.5 Å². The molecule has 0 spiro atoms. The van der Waals surface area contributed by atoms with E-state index in [9.17, 15) is 23.5 Å². The molecule has 9 heteroatoms. The highest BCUT2D eigenvalue weighted by Crippen LogP contribution is 2.49. The molecule has 2 heterocycles. The van der Waals surface area contributed by atoms with Crippen molar-refractivity contribution in [3.63, 3.8) is 0 Å². The Morgan fingerprint density at radius 1 is 1.26 bits per heavy atom. The van der Waals surface area contributed by atoms with E-state index in [1.807, 2.05) is 0 Å². The van der Waals surface area contributed by atoms with Crippen molar-refractivity contribution in [2.75, 3.05) is 4.90 Å². The van der Waals surface area contributed by atoms with Crippen LogP contribution in [-0.2, 0) is 4.79 Å². The first-order chi connectivity index (χ1) is 12.9. The summed E-state index contributed by atoms with van der Waals surface area (Å²) in [6, 6.07) is 4.92. The van der Waals surface area contributed by atoms with E-state index in [0.717, 1.165) is 6.07 Å². The maximum atomic E-state index is 14.8. The topological polar surface area (TPSA) is 78.9 Å². The monoisotopic (exact) mass is 438 g/mol. The Bertz CT molecular complexity index is 969. The van der Waals surface area contributed by atoms with E-state index in [1.54, 1.807) is 0 Å². The first kappa shape index (κ1) is 17.7. The number of carboxylic acid groups (broad SMARTS) is 1. The minimum absolute atomic E-state index is 0.0503. The van der Waals surface area contributed by atoms with Gasteiger partial charge in [0, 0.05) is 12.5 Å². The number of piperidine rings is 1. The van der Waals surface area contributed by atoms with E-state index >= 15 is 0 Å². The number of halogens is 3. The first-order valence-corrected chi connectivity index (χ1v) is 8.93. The fraction of sp³-hybridized carbons (Fsp3) is 0.222. The van der Waals surface area contributed by atoms with Crippen LogP contribution >= 0.6 is 15.9 Å². The lowest BCUT2D eigenvalue weighted by Gasteiger charge is -2.40. The van der Waals surface area contributed by atoms with Crippen LogP contribution in [0.4, 0.5) is 19.3 Å². The van der Waals surface area contributed by atoms with Crippen molar-refractivity contribution in [2.45, 2.75) is 24.9 Å². The zero-order valence-electron chi connectivity index (χ0n) is 13.7. The third-order valence-electron chi connectivity index (χ3n) is 4.70. The second-order valence-electron chi connectivity index (χ2n) is 6.29. The Morgan fingerprint density at radius 2 is 2.04 bits per heavy atom. The number of carbonyl (C=O) groups excluding carboxylic acids is 1. The highest BCUT2D eigenvalue weighted by molar-refractivity contribution is 9.10. The second kappa shape index (κ2) is 6.49. The van der Waals surface area contributed by atoms with E-state index in [1.165, 1.54) is 29.2 Å². The van der Waals surface area contributed by atoms with Crippen molar-refractivity contribution in [2.24, 2.45) is 0 Å². The van der Waals surface area contributed by atoms with E-state index in [2.05, 4.69) is 21.2 Å². The molecule has 0 unspecified atom stereocenters. The Morgan fingerprint density at radius 3 is 2.78 bits per heavy atom. The molecule has 2 aromatic carbocycles. The molecule has 2 aliphatic rings. The Kier molecular flexibility index (Phi) is 4.26. The fourth-order valence-corrected chi connectivity index (χ4v) is 3.95. The van der Waals surface area contributed by atoms with Gasteiger partial charge in [0.25, 0.3) is 0 Å². The molecule has 27 heavy (non-hydrogen) atoms. The summed E-state index contributed by atoms with van der Waals surface area (Å²) in [7, 11) is 0. The van der Waals surface area contributed by atoms with Gasteiger partial charge in [0.05, 0.1) is 27.8 Å². The van der Waals surface area contributed by atoms with Crippen molar-refractivity contribution < 1.29 is 28.2 Å². The summed E-state index contributed by atoms with van der Waals surface area (Å²) in [4.78, 5) is 25.3. The lowest BCUT2D eigenvalue weighted by molar-refractivity contribution is -0.120. The molecule has 1 fully saturated rings. The van der Waals surface area contributed by atoms with Gasteiger partial charge in [-0.3, -0.25) is 9.69 Å². The Hall–Kier alpha value is -2.68. The van der Waals surface area contributed by atoms with Crippen molar-refractivity contribution in [1.82, 2.24) is 5.32 Å². The summed E-state index contributed by atoms with van der Waals surface area (Å²) in [5.41, 5.74) is 0.294. The summed E-state index contributed by atoms with van der Waals surface area (Å²) < 4.78 is 34.7. The van der Waals surface area contributed by atoms with Gasteiger partial charge < -0.3 is 15.2 Å². The smallest absolute Gasteiger partial charge is 0.404 e. The molecule has 1 saturated heterocycles. The van der Waals surface area contributed by atoms with Gasteiger partial charge in [0.15, 0.2) is 5.75 Å². The molecule has 2 aliphatic heterocycles. The normalized spacial score (nSPS) is 20.7. The Balaban J connectivity index is 1.99. The summed E-state index contributed by atoms with van der Waals surface area (Å²) in [6.07, 6.45) is -1.02. The minimum Gasteiger partial charge on any atom is -0.465 e. The molecular formula is C18H13BrF2N2O4. The minimum atomic E-state index is -1.28. The maximum absolute atomic E-state index is 14.8. The lowest BCUT2D eigenvalue weighted by Crippen LogP contribution is -2.52. The van der Waals surface area contributed by atoms with Crippen molar-refractivity contribution in [1.29, 1.82) is 0 Å². The second-order valence-corrected chi connectivity index (χ2v) is 7.15. The van der Waals surface area contributed by atoms with Gasteiger partial charge >= 0.3 is 6.09 Å². The summed E-state index contributed by atoms with van der Waals surface area (Å²) >= 11 is 3.09. The van der Waals surface area contributed by atoms with Crippen molar-refractivity contribution in [3.05, 3.63) is 52.0 Å². The number of fused-ring (bicyclic) bond motifs is 5. The Labute approximate surface area is 160 Å². The average Bonchev–Trinajstić information content (AvgIpc) is 2.73. The van der Waals surface area contributed by atoms with Crippen LogP contribution in [0.15, 0.2) is 34.8 Å². The first-order valence-electron chi connectivity index (χ1n) is 8.13. The number of hydrogen-bond acceptors (Lipinski definition) is 3. The number of rotatable bonds is 1. The molecule has 0 bridgehead atoms. The van der Waals surface area contributed by atoms with Gasteiger partial charge in [-0.1, -0.05) is 6.07 Å². The van der Waals surface area contributed by atoms with Gasteiger partial charge in [-0.2, -0.15) is 0 Å². The molecule has 0 aliphatic carbocycles. The number of benzene rings is 2. The quantitative estimate of drug-likeness (QED) is 0.693. The number of anilines is 1. The van der Waals surface area contributed by atoms with Crippen LogP contribution in [0.1, 0.15) is 24.4 Å². The SMILES string of the molecule is O=C(O)N[C@@H]1CCC(=O)N2c3cc(Br)c(F)cc3Oc3cccc(F)c3[C@@H]12. The van der Waals surface area contributed by atoms with Crippen molar-refractivity contribution >= 4 is 33.6 Å². The third kappa shape index (κ3) is 2.91. The molecule has 2 amide bonds. The van der Waals surface area contributed by atoms with Crippen LogP contribution in [0.25, 0.3) is 0 Å². The standard InChI is InChI=1S/C18H13BrF2N2O4/c19-8-6-12-14(7-10(8)21)27-13-3-1-2-9(20)16(13)17-11(22-18(25)26)4-5-15(24)23(12)17/h1-3,6-7,11,17,22H,4-5H2,(H,25,26)/t11-,17-/m1/s1. The highest BCUT2D eigenvalue weighted by Gasteiger charge is 2.44. The molecule has 0 aromatic heterocycles. The predicted molar refractivity (Wildman–Crippen MR) is 95.0 cm³/mol. The molecule has 0 saturated carbocycles. The zero-order valence-corrected chi connectivity index (χ0v) is 15.3. The molecular weight excluding hydrogens is 426 g/mol. The predicted octanol–water partition coefficient (Wildman–Crippen LogP) is 4.34. The van der Waals surface area contributed by atoms with Crippen LogP contribution in [0.2, 0.25) is 0 Å². The van der Waals surface area contributed by atoms with Crippen LogP contribution in [0, 0.1) is 11.6 Å². The summed E-state index contributed by atoms with van der Waals surface area (Å²) in [5, 5.41) is 11.6.